The summed E-state index contributed by atoms with van der Waals surface area (Å²) in [4.78, 5) is 26.8. The van der Waals surface area contributed by atoms with E-state index in [4.69, 9.17) is 37.9 Å². The van der Waals surface area contributed by atoms with Crippen molar-refractivity contribution in [1.29, 1.82) is 0 Å². The Morgan fingerprint density at radius 1 is 0.870 bits per heavy atom. The van der Waals surface area contributed by atoms with Gasteiger partial charge in [0.2, 0.25) is 0 Å². The van der Waals surface area contributed by atoms with E-state index in [-0.39, 0.29) is 24.9 Å². The molecule has 0 aliphatic carbocycles. The van der Waals surface area contributed by atoms with Gasteiger partial charge < -0.3 is 53.2 Å². The van der Waals surface area contributed by atoms with Crippen molar-refractivity contribution >= 4 is 12.2 Å². The second kappa shape index (κ2) is 13.9. The summed E-state index contributed by atoms with van der Waals surface area (Å²) >= 11 is 0. The van der Waals surface area contributed by atoms with Crippen molar-refractivity contribution < 1.29 is 52.6 Å². The molecular formula is C33H50N2O11. The van der Waals surface area contributed by atoms with Crippen LogP contribution in [0.2, 0.25) is 0 Å². The van der Waals surface area contributed by atoms with Gasteiger partial charge in [0.25, 0.3) is 0 Å². The number of alkyl carbamates (subject to hydrolysis) is 1. The number of aliphatic hydroxyl groups is 1. The van der Waals surface area contributed by atoms with Gasteiger partial charge in [0.15, 0.2) is 36.4 Å². The molecule has 0 unspecified atom stereocenters. The predicted octanol–water partition coefficient (Wildman–Crippen LogP) is 4.19. The molecular weight excluding hydrogens is 600 g/mol. The molecule has 0 spiro atoms. The molecule has 0 radical (unpaired) electrons. The van der Waals surface area contributed by atoms with Gasteiger partial charge in [-0.3, -0.25) is 0 Å². The molecule has 13 nitrogen and oxygen atoms in total. The molecule has 13 heteroatoms. The lowest BCUT2D eigenvalue weighted by Gasteiger charge is -2.39. The van der Waals surface area contributed by atoms with Gasteiger partial charge in [-0.1, -0.05) is 44.2 Å². The summed E-state index contributed by atoms with van der Waals surface area (Å²) in [6.45, 7) is 14.3. The van der Waals surface area contributed by atoms with Gasteiger partial charge in [-0.15, -0.1) is 0 Å². The Balaban J connectivity index is 0.000000266. The number of nitrogens with one attached hydrogen (secondary N) is 1. The minimum Gasteiger partial charge on any atom is -0.445 e. The zero-order valence-electron chi connectivity index (χ0n) is 27.9. The van der Waals surface area contributed by atoms with E-state index in [2.05, 4.69) is 5.32 Å². The molecule has 0 bridgehead atoms. The molecule has 6 rings (SSSR count). The first kappa shape index (κ1) is 34.8. The molecule has 5 aliphatic rings. The van der Waals surface area contributed by atoms with Crippen molar-refractivity contribution in [2.24, 2.45) is 0 Å². The fourth-order valence-electron chi connectivity index (χ4n) is 6.42. The third kappa shape index (κ3) is 8.12. The van der Waals surface area contributed by atoms with Crippen LogP contribution in [0.1, 0.15) is 79.7 Å². The van der Waals surface area contributed by atoms with Crippen molar-refractivity contribution in [3.8, 4) is 0 Å². The lowest BCUT2D eigenvalue weighted by molar-refractivity contribution is -0.215. The van der Waals surface area contributed by atoms with Crippen LogP contribution in [-0.4, -0.2) is 102 Å². The first-order chi connectivity index (χ1) is 21.7. The van der Waals surface area contributed by atoms with Crippen molar-refractivity contribution in [2.45, 2.75) is 147 Å². The summed E-state index contributed by atoms with van der Waals surface area (Å²) in [5, 5.41) is 12.7. The Morgan fingerprint density at radius 2 is 1.43 bits per heavy atom. The van der Waals surface area contributed by atoms with Crippen LogP contribution in [0.15, 0.2) is 30.3 Å². The van der Waals surface area contributed by atoms with Crippen LogP contribution in [-0.2, 0) is 44.5 Å². The number of fused-ring (bicyclic) bond motifs is 2. The zero-order chi connectivity index (χ0) is 33.3. The monoisotopic (exact) mass is 650 g/mol. The molecule has 258 valence electrons. The van der Waals surface area contributed by atoms with E-state index in [1.54, 1.807) is 4.90 Å². The first-order valence-corrected chi connectivity index (χ1v) is 16.4. The molecule has 1 aromatic rings. The number of benzene rings is 1. The van der Waals surface area contributed by atoms with Crippen LogP contribution in [0.4, 0.5) is 9.59 Å². The highest BCUT2D eigenvalue weighted by molar-refractivity contribution is 5.69. The molecule has 1 aromatic carbocycles. The SMILES string of the molecule is CC[C@H]1O[C@@H]2OC(C)(C)O[C@@H]2[C@H]1O.CC[C@H]1O[C@@H]2OC(C)(C)O[C@@H]2[C@H]1OC(=O)N1CCC(C)(NC(=O)OCc2ccccc2)CC1. The number of nitrogens with zero attached hydrogens (tertiary/aromatic N) is 1. The quantitative estimate of drug-likeness (QED) is 0.458. The van der Waals surface area contributed by atoms with Crippen molar-refractivity contribution in [1.82, 2.24) is 10.2 Å². The minimum absolute atomic E-state index is 0.147. The Kier molecular flexibility index (Phi) is 10.5. The number of hydrogen-bond acceptors (Lipinski definition) is 11. The van der Waals surface area contributed by atoms with E-state index in [9.17, 15) is 14.7 Å². The Hall–Kier alpha value is -2.52. The zero-order valence-corrected chi connectivity index (χ0v) is 27.9. The highest BCUT2D eigenvalue weighted by atomic mass is 16.8. The van der Waals surface area contributed by atoms with Crippen molar-refractivity contribution in [2.75, 3.05) is 13.1 Å². The van der Waals surface area contributed by atoms with Crippen LogP contribution in [0.3, 0.4) is 0 Å². The van der Waals surface area contributed by atoms with Gasteiger partial charge in [-0.2, -0.15) is 0 Å². The molecule has 0 saturated carbocycles. The van der Waals surface area contributed by atoms with Crippen molar-refractivity contribution in [3.05, 3.63) is 35.9 Å². The summed E-state index contributed by atoms with van der Waals surface area (Å²) in [6.07, 6.45) is -1.37. The number of hydrogen-bond donors (Lipinski definition) is 2. The van der Waals surface area contributed by atoms with Crippen LogP contribution >= 0.6 is 0 Å². The largest absolute Gasteiger partial charge is 0.445 e. The van der Waals surface area contributed by atoms with Crippen LogP contribution < -0.4 is 5.32 Å². The summed E-state index contributed by atoms with van der Waals surface area (Å²) in [5.41, 5.74) is 0.476. The van der Waals surface area contributed by atoms with Crippen molar-refractivity contribution in [3.63, 3.8) is 0 Å². The normalized spacial score (nSPS) is 35.0. The maximum absolute atomic E-state index is 12.9. The average molecular weight is 651 g/mol. The molecule has 5 heterocycles. The van der Waals surface area contributed by atoms with Gasteiger partial charge in [-0.05, 0) is 65.9 Å². The van der Waals surface area contributed by atoms with E-state index in [0.717, 1.165) is 12.0 Å². The Morgan fingerprint density at radius 3 is 2.02 bits per heavy atom. The standard InChI is InChI=1S/C24H34N2O7.C9H16O4/c1-5-17-18(19-20(30-17)33-23(2,3)32-19)31-22(28)26-13-11-24(4,12-14-26)25-21(27)29-15-16-9-7-6-8-10-16;1-4-5-6(10)7-8(11-5)13-9(2,3)12-7/h6-10,17-20H,5,11-15H2,1-4H3,(H,25,27);5-8,10H,4H2,1-3H3/t17-,18+,19-,20-;5-,6+,7-,8-/m11/s1. The smallest absolute Gasteiger partial charge is 0.410 e. The molecule has 2 amide bonds. The van der Waals surface area contributed by atoms with Gasteiger partial charge in [-0.25, -0.2) is 9.59 Å². The number of piperidine rings is 1. The van der Waals surface area contributed by atoms with E-state index in [1.165, 1.54) is 0 Å². The maximum Gasteiger partial charge on any atom is 0.410 e. The third-order valence-corrected chi connectivity index (χ3v) is 8.99. The molecule has 5 fully saturated rings. The number of rotatable bonds is 6. The molecule has 0 aromatic heterocycles. The number of carbonyl (C=O) groups excluding carboxylic acids is 2. The predicted molar refractivity (Wildman–Crippen MR) is 163 cm³/mol. The fourth-order valence-corrected chi connectivity index (χ4v) is 6.42. The number of amides is 2. The summed E-state index contributed by atoms with van der Waals surface area (Å²) in [5.74, 6) is -1.40. The second-order valence-corrected chi connectivity index (χ2v) is 13.7. The van der Waals surface area contributed by atoms with E-state index < -0.39 is 60.2 Å². The third-order valence-electron chi connectivity index (χ3n) is 8.99. The summed E-state index contributed by atoms with van der Waals surface area (Å²) in [6, 6.07) is 9.53. The van der Waals surface area contributed by atoms with Gasteiger partial charge in [0.1, 0.15) is 24.9 Å². The summed E-state index contributed by atoms with van der Waals surface area (Å²) < 4.78 is 45.3. The Labute approximate surface area is 271 Å². The number of likely N-dealkylation sites (tertiary alicyclic amines) is 1. The highest BCUT2D eigenvalue weighted by Crippen LogP contribution is 2.40. The molecule has 5 saturated heterocycles. The van der Waals surface area contributed by atoms with Crippen LogP contribution in [0.25, 0.3) is 0 Å². The second-order valence-electron chi connectivity index (χ2n) is 13.7. The summed E-state index contributed by atoms with van der Waals surface area (Å²) in [7, 11) is 0. The van der Waals surface area contributed by atoms with Crippen LogP contribution in [0.5, 0.6) is 0 Å². The first-order valence-electron chi connectivity index (χ1n) is 16.4. The molecule has 5 aliphatic heterocycles. The lowest BCUT2D eigenvalue weighted by Crippen LogP contribution is -2.55. The van der Waals surface area contributed by atoms with E-state index >= 15 is 0 Å². The fraction of sp³-hybridized carbons (Fsp3) is 0.758. The topological polar surface area (TPSA) is 143 Å². The molecule has 2 N–H and O–H groups in total. The van der Waals surface area contributed by atoms with Gasteiger partial charge in [0, 0.05) is 18.6 Å². The molecule has 46 heavy (non-hydrogen) atoms. The number of carbonyl (C=O) groups is 2. The highest BCUT2D eigenvalue weighted by Gasteiger charge is 2.56. The maximum atomic E-state index is 12.9. The van der Waals surface area contributed by atoms with E-state index in [1.807, 2.05) is 78.8 Å². The lowest BCUT2D eigenvalue weighted by atomic mass is 9.90. The average Bonchev–Trinajstić information content (AvgIpc) is 3.68. The Bertz CT molecular complexity index is 1190. The van der Waals surface area contributed by atoms with Crippen LogP contribution in [0, 0.1) is 0 Å². The number of ether oxygens (including phenoxy) is 8. The number of aliphatic hydroxyl groups excluding tert-OH is 1. The van der Waals surface area contributed by atoms with E-state index in [0.29, 0.717) is 32.4 Å². The van der Waals surface area contributed by atoms with Gasteiger partial charge in [0.05, 0.1) is 6.10 Å². The van der Waals surface area contributed by atoms with Gasteiger partial charge >= 0.3 is 12.2 Å². The minimum atomic E-state index is -0.771. The molecule has 8 atom stereocenters.